The van der Waals surface area contributed by atoms with Crippen LogP contribution in [0.25, 0.3) is 0 Å². The lowest BCUT2D eigenvalue weighted by atomic mass is 9.98. The molecule has 0 radical (unpaired) electrons. The van der Waals surface area contributed by atoms with Gasteiger partial charge in [-0.25, -0.2) is 0 Å². The first-order chi connectivity index (χ1) is 8.58. The van der Waals surface area contributed by atoms with Crippen molar-refractivity contribution in [3.05, 3.63) is 29.8 Å². The number of fused-ring (bicyclic) bond motifs is 1. The van der Waals surface area contributed by atoms with E-state index in [0.29, 0.717) is 10.7 Å². The summed E-state index contributed by atoms with van der Waals surface area (Å²) in [5, 5.41) is 0. The lowest BCUT2D eigenvalue weighted by Crippen LogP contribution is -2.37. The highest BCUT2D eigenvalue weighted by atomic mass is 32.2. The zero-order chi connectivity index (χ0) is 12.8. The van der Waals surface area contributed by atoms with Gasteiger partial charge in [0.05, 0.1) is 0 Å². The van der Waals surface area contributed by atoms with E-state index in [1.54, 1.807) is 12.1 Å². The largest absolute Gasteiger partial charge is 0.355 e. The molecule has 1 aromatic carbocycles. The summed E-state index contributed by atoms with van der Waals surface area (Å²) in [5.41, 5.74) is 0.757. The van der Waals surface area contributed by atoms with Crippen LogP contribution in [0.5, 0.6) is 0 Å². The molecule has 1 fully saturated rings. The average Bonchev–Trinajstić information content (AvgIpc) is 2.63. The van der Waals surface area contributed by atoms with Gasteiger partial charge in [-0.2, -0.15) is 8.42 Å². The predicted molar refractivity (Wildman–Crippen MR) is 70.1 cm³/mol. The minimum Gasteiger partial charge on any atom is -0.355 e. The number of rotatable bonds is 0. The van der Waals surface area contributed by atoms with Gasteiger partial charge in [0.2, 0.25) is 0 Å². The van der Waals surface area contributed by atoms with Crippen molar-refractivity contribution >= 4 is 15.9 Å². The second-order valence-corrected chi connectivity index (χ2v) is 6.63. The number of benzene rings is 1. The Kier molecular flexibility index (Phi) is 2.66. The fraction of sp³-hybridized carbons (Fsp3) is 0.462. The van der Waals surface area contributed by atoms with Crippen molar-refractivity contribution in [2.45, 2.75) is 24.7 Å². The smallest absolute Gasteiger partial charge is 0.285 e. The fourth-order valence-corrected chi connectivity index (χ4v) is 3.76. The zero-order valence-corrected chi connectivity index (χ0v) is 11.2. The number of hydrogen-bond acceptors (Lipinski definition) is 3. The standard InChI is InChI=1S/C13H16N2O2S/c1-10-6-8-15(9-7-10)13-11-4-2-3-5-12(11)18(16,17)14-13/h2-5,10H,6-9H2,1H3. The first kappa shape index (κ1) is 11.7. The molecule has 3 rings (SSSR count). The maximum absolute atomic E-state index is 12.0. The molecule has 0 spiro atoms. The SMILES string of the molecule is CC1CCN(C2=NS(=O)(=O)c3ccccc32)CC1. The summed E-state index contributed by atoms with van der Waals surface area (Å²) in [6.07, 6.45) is 2.20. The summed E-state index contributed by atoms with van der Waals surface area (Å²) in [6.45, 7) is 4.02. The lowest BCUT2D eigenvalue weighted by Gasteiger charge is -2.31. The zero-order valence-electron chi connectivity index (χ0n) is 10.3. The normalized spacial score (nSPS) is 22.7. The molecule has 0 amide bonds. The second kappa shape index (κ2) is 4.09. The Balaban J connectivity index is 1.99. The molecule has 1 aromatic rings. The molecule has 0 aliphatic carbocycles. The van der Waals surface area contributed by atoms with Gasteiger partial charge in [-0.05, 0) is 30.9 Å². The van der Waals surface area contributed by atoms with E-state index in [-0.39, 0.29) is 0 Å². The summed E-state index contributed by atoms with van der Waals surface area (Å²) in [7, 11) is -3.47. The van der Waals surface area contributed by atoms with Crippen LogP contribution >= 0.6 is 0 Å². The fourth-order valence-electron chi connectivity index (χ4n) is 2.54. The molecular weight excluding hydrogens is 248 g/mol. The van der Waals surface area contributed by atoms with Gasteiger partial charge in [-0.3, -0.25) is 0 Å². The van der Waals surface area contributed by atoms with E-state index in [9.17, 15) is 8.42 Å². The molecule has 4 nitrogen and oxygen atoms in total. The summed E-state index contributed by atoms with van der Waals surface area (Å²) in [5.74, 6) is 1.35. The summed E-state index contributed by atoms with van der Waals surface area (Å²) < 4.78 is 27.9. The van der Waals surface area contributed by atoms with E-state index < -0.39 is 10.0 Å². The number of piperidine rings is 1. The van der Waals surface area contributed by atoms with Gasteiger partial charge in [-0.15, -0.1) is 4.40 Å². The third-order valence-corrected chi connectivity index (χ3v) is 5.02. The molecule has 0 unspecified atom stereocenters. The molecule has 96 valence electrons. The van der Waals surface area contributed by atoms with Crippen LogP contribution < -0.4 is 0 Å². The molecule has 18 heavy (non-hydrogen) atoms. The van der Waals surface area contributed by atoms with Gasteiger partial charge in [0, 0.05) is 18.7 Å². The Morgan fingerprint density at radius 2 is 1.89 bits per heavy atom. The molecule has 0 N–H and O–H groups in total. The summed E-state index contributed by atoms with van der Waals surface area (Å²) in [6, 6.07) is 7.08. The van der Waals surface area contributed by atoms with E-state index in [1.165, 1.54) is 0 Å². The molecule has 5 heteroatoms. The van der Waals surface area contributed by atoms with Crippen molar-refractivity contribution in [2.75, 3.05) is 13.1 Å². The Morgan fingerprint density at radius 3 is 2.61 bits per heavy atom. The summed E-state index contributed by atoms with van der Waals surface area (Å²) in [4.78, 5) is 2.45. The van der Waals surface area contributed by atoms with Gasteiger partial charge in [0.25, 0.3) is 10.0 Å². The Morgan fingerprint density at radius 1 is 1.22 bits per heavy atom. The van der Waals surface area contributed by atoms with Crippen LogP contribution in [-0.4, -0.2) is 32.2 Å². The van der Waals surface area contributed by atoms with Crippen molar-refractivity contribution in [1.82, 2.24) is 4.90 Å². The molecule has 2 heterocycles. The molecule has 2 aliphatic rings. The molecular formula is C13H16N2O2S. The van der Waals surface area contributed by atoms with Gasteiger partial charge in [-0.1, -0.05) is 19.1 Å². The molecule has 0 atom stereocenters. The minimum atomic E-state index is -3.47. The van der Waals surface area contributed by atoms with Crippen LogP contribution in [0.3, 0.4) is 0 Å². The maximum Gasteiger partial charge on any atom is 0.285 e. The number of sulfonamides is 1. The predicted octanol–water partition coefficient (Wildman–Crippen LogP) is 1.87. The topological polar surface area (TPSA) is 49.7 Å². The van der Waals surface area contributed by atoms with Gasteiger partial charge in [0.15, 0.2) is 5.84 Å². The van der Waals surface area contributed by atoms with Gasteiger partial charge < -0.3 is 4.90 Å². The van der Waals surface area contributed by atoms with Crippen molar-refractivity contribution < 1.29 is 8.42 Å². The van der Waals surface area contributed by atoms with Crippen LogP contribution in [-0.2, 0) is 10.0 Å². The van der Waals surface area contributed by atoms with Crippen molar-refractivity contribution in [3.63, 3.8) is 0 Å². The van der Waals surface area contributed by atoms with Crippen LogP contribution in [0.15, 0.2) is 33.6 Å². The molecule has 0 bridgehead atoms. The van der Waals surface area contributed by atoms with Crippen LogP contribution in [0.1, 0.15) is 25.3 Å². The number of likely N-dealkylation sites (tertiary alicyclic amines) is 1. The van der Waals surface area contributed by atoms with Crippen molar-refractivity contribution in [3.8, 4) is 0 Å². The molecule has 2 aliphatic heterocycles. The first-order valence-electron chi connectivity index (χ1n) is 6.27. The third-order valence-electron chi connectivity index (χ3n) is 3.70. The van der Waals surface area contributed by atoms with Gasteiger partial charge in [0.1, 0.15) is 4.90 Å². The number of nitrogens with zero attached hydrogens (tertiary/aromatic N) is 2. The maximum atomic E-state index is 12.0. The molecule has 0 saturated carbocycles. The molecule has 0 aromatic heterocycles. The van der Waals surface area contributed by atoms with E-state index in [0.717, 1.165) is 37.4 Å². The quantitative estimate of drug-likeness (QED) is 0.718. The van der Waals surface area contributed by atoms with Crippen LogP contribution in [0, 0.1) is 5.92 Å². The van der Waals surface area contributed by atoms with Gasteiger partial charge >= 0.3 is 0 Å². The first-order valence-corrected chi connectivity index (χ1v) is 7.71. The van der Waals surface area contributed by atoms with E-state index in [2.05, 4.69) is 16.2 Å². The van der Waals surface area contributed by atoms with E-state index >= 15 is 0 Å². The molecule has 1 saturated heterocycles. The summed E-state index contributed by atoms with van der Waals surface area (Å²) >= 11 is 0. The van der Waals surface area contributed by atoms with Crippen LogP contribution in [0.2, 0.25) is 0 Å². The Hall–Kier alpha value is -1.36. The Bertz CT molecular complexity index is 599. The number of amidine groups is 1. The minimum absolute atomic E-state index is 0.346. The highest BCUT2D eigenvalue weighted by molar-refractivity contribution is 7.90. The number of hydrogen-bond donors (Lipinski definition) is 0. The second-order valence-electron chi connectivity index (χ2n) is 5.06. The Labute approximate surface area is 107 Å². The highest BCUT2D eigenvalue weighted by Gasteiger charge is 2.32. The average molecular weight is 264 g/mol. The van der Waals surface area contributed by atoms with Crippen molar-refractivity contribution in [2.24, 2.45) is 10.3 Å². The van der Waals surface area contributed by atoms with Crippen LogP contribution in [0.4, 0.5) is 0 Å². The third kappa shape index (κ3) is 1.82. The lowest BCUT2D eigenvalue weighted by molar-refractivity contribution is 0.281. The van der Waals surface area contributed by atoms with E-state index in [4.69, 9.17) is 0 Å². The van der Waals surface area contributed by atoms with Crippen molar-refractivity contribution in [1.29, 1.82) is 0 Å². The van der Waals surface area contributed by atoms with E-state index in [1.807, 2.05) is 12.1 Å². The monoisotopic (exact) mass is 264 g/mol. The highest BCUT2D eigenvalue weighted by Crippen LogP contribution is 2.29.